The van der Waals surface area contributed by atoms with Gasteiger partial charge in [-0.15, -0.1) is 0 Å². The van der Waals surface area contributed by atoms with Crippen LogP contribution in [0.1, 0.15) is 35.3 Å². The molecule has 3 aromatic rings. The van der Waals surface area contributed by atoms with E-state index in [1.54, 1.807) is 30.5 Å². The van der Waals surface area contributed by atoms with Gasteiger partial charge in [-0.25, -0.2) is 14.8 Å². The lowest BCUT2D eigenvalue weighted by molar-refractivity contribution is -0.139. The summed E-state index contributed by atoms with van der Waals surface area (Å²) in [6.07, 6.45) is 2.11. The average molecular weight is 570 g/mol. The summed E-state index contributed by atoms with van der Waals surface area (Å²) in [5.74, 6) is -1.94. The molecule has 0 radical (unpaired) electrons. The summed E-state index contributed by atoms with van der Waals surface area (Å²) in [5.41, 5.74) is 13.8. The number of hydrogen-bond acceptors (Lipinski definition) is 11. The molecule has 2 amide bonds. The molecular formula is C25H35N9O5Si. The van der Waals surface area contributed by atoms with Crippen LogP contribution >= 0.6 is 0 Å². The number of carbonyl (C=O) groups excluding carboxylic acids is 2. The zero-order chi connectivity index (χ0) is 29.4. The molecule has 214 valence electrons. The number of nitrogens with zero attached hydrogens (tertiary/aromatic N) is 5. The summed E-state index contributed by atoms with van der Waals surface area (Å²) < 4.78 is 0. The van der Waals surface area contributed by atoms with E-state index < -0.39 is 26.2 Å². The van der Waals surface area contributed by atoms with Gasteiger partial charge in [-0.1, -0.05) is 0 Å². The van der Waals surface area contributed by atoms with Crippen molar-refractivity contribution in [3.63, 3.8) is 0 Å². The Kier molecular flexibility index (Phi) is 9.90. The topological polar surface area (TPSA) is 223 Å². The van der Waals surface area contributed by atoms with Crippen molar-refractivity contribution >= 4 is 54.7 Å². The van der Waals surface area contributed by atoms with E-state index in [0.717, 1.165) is 5.69 Å². The highest BCUT2D eigenvalue weighted by molar-refractivity contribution is 6.69. The first kappa shape index (κ1) is 30.2. The summed E-state index contributed by atoms with van der Waals surface area (Å²) in [6.45, 7) is 4.44. The number of hydrogen-bond donors (Lipinski definition) is 6. The molecule has 2 heterocycles. The van der Waals surface area contributed by atoms with Crippen molar-refractivity contribution in [2.75, 3.05) is 30.0 Å². The molecular weight excluding hydrogens is 534 g/mol. The zero-order valence-electron chi connectivity index (χ0n) is 22.7. The minimum Gasteiger partial charge on any atom is -0.480 e. The van der Waals surface area contributed by atoms with E-state index in [2.05, 4.69) is 30.6 Å². The van der Waals surface area contributed by atoms with E-state index in [0.29, 0.717) is 42.4 Å². The Bertz CT molecular complexity index is 1370. The number of rotatable bonds is 13. The molecule has 15 heteroatoms. The molecule has 0 unspecified atom stereocenters. The lowest BCUT2D eigenvalue weighted by Gasteiger charge is -2.19. The summed E-state index contributed by atoms with van der Waals surface area (Å²) in [6, 6.07) is 6.05. The maximum atomic E-state index is 12.7. The largest absolute Gasteiger partial charge is 0.480 e. The van der Waals surface area contributed by atoms with Crippen molar-refractivity contribution in [2.24, 2.45) is 0 Å². The van der Waals surface area contributed by atoms with Crippen LogP contribution in [0.2, 0.25) is 19.1 Å². The molecule has 1 aromatic carbocycles. The molecule has 40 heavy (non-hydrogen) atoms. The van der Waals surface area contributed by atoms with Gasteiger partial charge in [0.25, 0.3) is 5.91 Å². The zero-order valence-corrected chi connectivity index (χ0v) is 23.7. The van der Waals surface area contributed by atoms with Gasteiger partial charge in [0.05, 0.1) is 18.4 Å². The van der Waals surface area contributed by atoms with Crippen molar-refractivity contribution in [3.8, 4) is 0 Å². The van der Waals surface area contributed by atoms with E-state index in [-0.39, 0.29) is 36.1 Å². The highest BCUT2D eigenvalue weighted by Gasteiger charge is 2.22. The Morgan fingerprint density at radius 3 is 2.45 bits per heavy atom. The third kappa shape index (κ3) is 8.84. The quantitative estimate of drug-likeness (QED) is 0.125. The van der Waals surface area contributed by atoms with Crippen LogP contribution < -0.4 is 27.0 Å². The Labute approximate surface area is 232 Å². The lowest BCUT2D eigenvalue weighted by Crippen LogP contribution is -2.41. The van der Waals surface area contributed by atoms with Crippen molar-refractivity contribution in [2.45, 2.75) is 51.0 Å². The molecule has 0 aliphatic carbocycles. The molecule has 0 saturated heterocycles. The third-order valence-electron chi connectivity index (χ3n) is 6.02. The SMILES string of the molecule is CN(Cc1cnc2nc(N)nc(N)c2n1)c1ccc(C(=O)N[C@@H](CCC(=O)NCCC[Si](C)(C)O)C(=O)O)cc1. The number of carbonyl (C=O) groups is 3. The van der Waals surface area contributed by atoms with Crippen LogP contribution in [0.25, 0.3) is 11.2 Å². The number of nitrogens with two attached hydrogens (primary N) is 2. The van der Waals surface area contributed by atoms with Gasteiger partial charge < -0.3 is 36.9 Å². The second kappa shape index (κ2) is 13.1. The highest BCUT2D eigenvalue weighted by Crippen LogP contribution is 2.19. The fourth-order valence-corrected chi connectivity index (χ4v) is 4.91. The summed E-state index contributed by atoms with van der Waals surface area (Å²) in [5, 5.41) is 14.7. The molecule has 0 saturated carbocycles. The number of anilines is 3. The summed E-state index contributed by atoms with van der Waals surface area (Å²) in [4.78, 5) is 64.8. The van der Waals surface area contributed by atoms with Crippen LogP contribution in [0.3, 0.4) is 0 Å². The average Bonchev–Trinajstić information content (AvgIpc) is 2.88. The Morgan fingerprint density at radius 2 is 1.80 bits per heavy atom. The number of nitrogen functional groups attached to an aromatic ring is 2. The van der Waals surface area contributed by atoms with Crippen LogP contribution in [0.15, 0.2) is 30.5 Å². The molecule has 0 aliphatic heterocycles. The van der Waals surface area contributed by atoms with Crippen molar-refractivity contribution < 1.29 is 24.3 Å². The third-order valence-corrected chi connectivity index (χ3v) is 7.60. The Hall–Kier alpha value is -4.37. The van der Waals surface area contributed by atoms with Crippen LogP contribution in [0.5, 0.6) is 0 Å². The number of nitrogens with one attached hydrogen (secondary N) is 2. The van der Waals surface area contributed by atoms with E-state index in [9.17, 15) is 24.3 Å². The monoisotopic (exact) mass is 569 g/mol. The summed E-state index contributed by atoms with van der Waals surface area (Å²) >= 11 is 0. The predicted octanol–water partition coefficient (Wildman–Crippen LogP) is 0.888. The number of fused-ring (bicyclic) bond motifs is 1. The first-order valence-corrected chi connectivity index (χ1v) is 15.9. The molecule has 14 nitrogen and oxygen atoms in total. The van der Waals surface area contributed by atoms with Crippen LogP contribution in [-0.4, -0.2) is 75.6 Å². The fourth-order valence-electron chi connectivity index (χ4n) is 3.87. The molecule has 0 spiro atoms. The van der Waals surface area contributed by atoms with Gasteiger partial charge in [0.15, 0.2) is 25.3 Å². The van der Waals surface area contributed by atoms with E-state index in [1.807, 2.05) is 25.0 Å². The van der Waals surface area contributed by atoms with Gasteiger partial charge in [0, 0.05) is 31.3 Å². The van der Waals surface area contributed by atoms with Gasteiger partial charge in [-0.05, 0) is 56.2 Å². The minimum absolute atomic E-state index is 0.0177. The smallest absolute Gasteiger partial charge is 0.326 e. The first-order valence-electron chi connectivity index (χ1n) is 12.7. The fraction of sp³-hybridized carbons (Fsp3) is 0.400. The number of benzene rings is 1. The number of carboxylic acids is 1. The maximum absolute atomic E-state index is 12.7. The van der Waals surface area contributed by atoms with Crippen LogP contribution in [0, 0.1) is 0 Å². The standard InChI is InChI=1S/C25H35N9O5Si/c1-34(14-16-13-29-22-20(30-16)21(26)32-25(27)33-22)17-7-5-15(6-8-17)23(36)31-18(24(37)38)9-10-19(35)28-11-4-12-40(2,3)39/h5-8,13,18,39H,4,9-12,14H2,1-3H3,(H,28,35)(H,31,36)(H,37,38)(H4,26,27,29,32,33)/t18-/m0/s1. The summed E-state index contributed by atoms with van der Waals surface area (Å²) in [7, 11) is -0.333. The van der Waals surface area contributed by atoms with E-state index in [4.69, 9.17) is 11.5 Å². The van der Waals surface area contributed by atoms with Crippen LogP contribution in [-0.2, 0) is 16.1 Å². The Balaban J connectivity index is 1.54. The highest BCUT2D eigenvalue weighted by atomic mass is 28.4. The number of aliphatic carboxylic acids is 1. The molecule has 0 aliphatic rings. The van der Waals surface area contributed by atoms with E-state index in [1.165, 1.54) is 0 Å². The number of aromatic nitrogens is 4. The van der Waals surface area contributed by atoms with Gasteiger partial charge in [0.1, 0.15) is 6.04 Å². The lowest BCUT2D eigenvalue weighted by atomic mass is 10.1. The first-order chi connectivity index (χ1) is 18.8. The molecule has 0 bridgehead atoms. The molecule has 0 fully saturated rings. The van der Waals surface area contributed by atoms with Crippen molar-refractivity contribution in [3.05, 3.63) is 41.7 Å². The Morgan fingerprint density at radius 1 is 1.10 bits per heavy atom. The van der Waals surface area contributed by atoms with E-state index >= 15 is 0 Å². The molecule has 1 atom stereocenters. The second-order valence-corrected chi connectivity index (χ2v) is 14.2. The van der Waals surface area contributed by atoms with Gasteiger partial charge >= 0.3 is 5.97 Å². The number of amides is 2. The molecule has 2 aromatic heterocycles. The van der Waals surface area contributed by atoms with Crippen molar-refractivity contribution in [1.82, 2.24) is 30.6 Å². The number of carboxylic acid groups (broad SMARTS) is 1. The molecule has 8 N–H and O–H groups in total. The van der Waals surface area contributed by atoms with Gasteiger partial charge in [-0.2, -0.15) is 9.97 Å². The van der Waals surface area contributed by atoms with Gasteiger partial charge in [0.2, 0.25) is 11.9 Å². The minimum atomic E-state index is -2.17. The van der Waals surface area contributed by atoms with Crippen LogP contribution in [0.4, 0.5) is 17.5 Å². The maximum Gasteiger partial charge on any atom is 0.326 e. The van der Waals surface area contributed by atoms with Gasteiger partial charge in [-0.3, -0.25) is 9.59 Å². The second-order valence-electron chi connectivity index (χ2n) is 10.1. The van der Waals surface area contributed by atoms with Crippen molar-refractivity contribution in [1.29, 1.82) is 0 Å². The predicted molar refractivity (Wildman–Crippen MR) is 153 cm³/mol. The molecule has 3 rings (SSSR count). The normalized spacial score (nSPS) is 12.1.